The lowest BCUT2D eigenvalue weighted by Crippen LogP contribution is -2.19. The first-order valence-electron chi connectivity index (χ1n) is 9.97. The van der Waals surface area contributed by atoms with Crippen LogP contribution in [0.2, 0.25) is 5.15 Å². The van der Waals surface area contributed by atoms with Crippen molar-refractivity contribution in [3.8, 4) is 16.9 Å². The van der Waals surface area contributed by atoms with Crippen LogP contribution in [0.25, 0.3) is 11.1 Å². The molecule has 6 heteroatoms. The van der Waals surface area contributed by atoms with Crippen LogP contribution in [0.5, 0.6) is 5.75 Å². The minimum Gasteiger partial charge on any atom is -0.482 e. The number of pyridine rings is 1. The van der Waals surface area contributed by atoms with Gasteiger partial charge in [-0.05, 0) is 72.7 Å². The van der Waals surface area contributed by atoms with Gasteiger partial charge in [0.05, 0.1) is 6.04 Å². The zero-order valence-corrected chi connectivity index (χ0v) is 17.4. The molecule has 2 aromatic carbocycles. The normalized spacial score (nSPS) is 15.3. The summed E-state index contributed by atoms with van der Waals surface area (Å²) in [6, 6.07) is 16.2. The van der Waals surface area contributed by atoms with Crippen molar-refractivity contribution in [1.29, 1.82) is 0 Å². The number of rotatable bonds is 6. The molecule has 30 heavy (non-hydrogen) atoms. The van der Waals surface area contributed by atoms with Crippen molar-refractivity contribution in [2.75, 3.05) is 11.9 Å². The van der Waals surface area contributed by atoms with E-state index in [0.29, 0.717) is 10.9 Å². The van der Waals surface area contributed by atoms with Crippen molar-refractivity contribution in [1.82, 2.24) is 4.98 Å². The number of nitrogens with zero attached hydrogens (tertiary/aromatic N) is 1. The monoisotopic (exact) mass is 422 g/mol. The Morgan fingerprint density at radius 3 is 2.83 bits per heavy atom. The average Bonchev–Trinajstić information content (AvgIpc) is 2.75. The first kappa shape index (κ1) is 20.2. The number of nitrogens with one attached hydrogen (secondary N) is 1. The van der Waals surface area contributed by atoms with Crippen LogP contribution in [0.1, 0.15) is 35.6 Å². The molecule has 3 aromatic rings. The highest BCUT2D eigenvalue weighted by Crippen LogP contribution is 2.37. The highest BCUT2D eigenvalue weighted by molar-refractivity contribution is 6.32. The van der Waals surface area contributed by atoms with Gasteiger partial charge >= 0.3 is 5.97 Å². The molecular weight excluding hydrogens is 400 g/mol. The Bertz CT molecular complexity index is 1070. The van der Waals surface area contributed by atoms with Gasteiger partial charge < -0.3 is 15.2 Å². The smallest absolute Gasteiger partial charge is 0.341 e. The van der Waals surface area contributed by atoms with Crippen LogP contribution in [0.15, 0.2) is 54.7 Å². The van der Waals surface area contributed by atoms with Crippen molar-refractivity contribution in [2.24, 2.45) is 0 Å². The molecule has 5 nitrogen and oxygen atoms in total. The maximum absolute atomic E-state index is 10.9. The Balaban J connectivity index is 1.54. The van der Waals surface area contributed by atoms with Crippen molar-refractivity contribution < 1.29 is 14.6 Å². The number of anilines is 1. The molecule has 0 saturated heterocycles. The standard InChI is InChI=1S/C24H23ClN2O3/c1-15-12-20(24(25)26-13-15)16-8-10-17(11-9-16)27-21-6-2-5-19-18(21)4-3-7-22(19)30-14-23(28)29/h3-4,7-13,21,27H,2,5-6,14H2,1H3,(H,28,29). The fourth-order valence-electron chi connectivity index (χ4n) is 3.94. The summed E-state index contributed by atoms with van der Waals surface area (Å²) in [6.07, 6.45) is 4.67. The number of aromatic nitrogens is 1. The molecule has 0 amide bonds. The highest BCUT2D eigenvalue weighted by Gasteiger charge is 2.23. The molecule has 1 atom stereocenters. The quantitative estimate of drug-likeness (QED) is 0.501. The second-order valence-electron chi connectivity index (χ2n) is 7.52. The summed E-state index contributed by atoms with van der Waals surface area (Å²) in [5, 5.41) is 13.0. The van der Waals surface area contributed by atoms with E-state index in [0.717, 1.165) is 47.2 Å². The third-order valence-electron chi connectivity index (χ3n) is 5.33. The summed E-state index contributed by atoms with van der Waals surface area (Å²) in [5.74, 6) is -0.305. The third kappa shape index (κ3) is 4.41. The van der Waals surface area contributed by atoms with Gasteiger partial charge in [-0.3, -0.25) is 0 Å². The maximum atomic E-state index is 10.9. The molecule has 0 radical (unpaired) electrons. The molecule has 0 aliphatic heterocycles. The summed E-state index contributed by atoms with van der Waals surface area (Å²) in [5.41, 5.74) is 6.29. The zero-order valence-electron chi connectivity index (χ0n) is 16.7. The SMILES string of the molecule is Cc1cnc(Cl)c(-c2ccc(NC3CCCc4c(OCC(=O)O)cccc43)cc2)c1. The second-order valence-corrected chi connectivity index (χ2v) is 7.88. The van der Waals surface area contributed by atoms with Crippen LogP contribution in [0, 0.1) is 6.92 Å². The van der Waals surface area contributed by atoms with Crippen LogP contribution in [0.4, 0.5) is 5.69 Å². The van der Waals surface area contributed by atoms with Crippen LogP contribution in [0.3, 0.4) is 0 Å². The Morgan fingerprint density at radius 1 is 1.27 bits per heavy atom. The number of carbonyl (C=O) groups is 1. The van der Waals surface area contributed by atoms with Gasteiger partial charge in [0.15, 0.2) is 6.61 Å². The van der Waals surface area contributed by atoms with Gasteiger partial charge in [0.2, 0.25) is 0 Å². The minimum absolute atomic E-state index is 0.150. The lowest BCUT2D eigenvalue weighted by Gasteiger charge is -2.28. The molecular formula is C24H23ClN2O3. The summed E-state index contributed by atoms with van der Waals surface area (Å²) in [6.45, 7) is 1.67. The van der Waals surface area contributed by atoms with Gasteiger partial charge in [0.25, 0.3) is 0 Å². The van der Waals surface area contributed by atoms with Crippen LogP contribution in [-0.4, -0.2) is 22.7 Å². The molecule has 0 fully saturated rings. The number of carboxylic acids is 1. The fourth-order valence-corrected chi connectivity index (χ4v) is 4.15. The molecule has 1 aromatic heterocycles. The van der Waals surface area contributed by atoms with Gasteiger partial charge in [-0.25, -0.2) is 9.78 Å². The Morgan fingerprint density at radius 2 is 2.07 bits per heavy atom. The van der Waals surface area contributed by atoms with Crippen molar-refractivity contribution in [2.45, 2.75) is 32.2 Å². The maximum Gasteiger partial charge on any atom is 0.341 e. The summed E-state index contributed by atoms with van der Waals surface area (Å²) < 4.78 is 5.50. The van der Waals surface area contributed by atoms with E-state index in [2.05, 4.69) is 16.4 Å². The predicted molar refractivity (Wildman–Crippen MR) is 118 cm³/mol. The van der Waals surface area contributed by atoms with Gasteiger partial charge in [-0.15, -0.1) is 0 Å². The second kappa shape index (κ2) is 8.76. The van der Waals surface area contributed by atoms with Crippen LogP contribution in [-0.2, 0) is 11.2 Å². The van der Waals surface area contributed by atoms with Crippen molar-refractivity contribution in [3.63, 3.8) is 0 Å². The number of hydrogen-bond acceptors (Lipinski definition) is 4. The molecule has 1 aliphatic rings. The Hall–Kier alpha value is -3.05. The number of aliphatic carboxylic acids is 1. The number of ether oxygens (including phenoxy) is 1. The van der Waals surface area contributed by atoms with E-state index in [9.17, 15) is 4.79 Å². The van der Waals surface area contributed by atoms with E-state index in [-0.39, 0.29) is 12.6 Å². The Kier molecular flexibility index (Phi) is 5.91. The average molecular weight is 423 g/mol. The molecule has 0 saturated carbocycles. The van der Waals surface area contributed by atoms with Crippen LogP contribution >= 0.6 is 11.6 Å². The van der Waals surface area contributed by atoms with Gasteiger partial charge in [-0.1, -0.05) is 35.9 Å². The first-order chi connectivity index (χ1) is 14.5. The first-order valence-corrected chi connectivity index (χ1v) is 10.3. The Labute approximate surface area is 180 Å². The predicted octanol–water partition coefficient (Wildman–Crippen LogP) is 5.66. The van der Waals surface area contributed by atoms with Crippen molar-refractivity contribution in [3.05, 3.63) is 76.6 Å². The van der Waals surface area contributed by atoms with E-state index >= 15 is 0 Å². The number of halogens is 1. The molecule has 4 rings (SSSR count). The molecule has 0 bridgehead atoms. The number of carboxylic acid groups (broad SMARTS) is 1. The molecule has 154 valence electrons. The highest BCUT2D eigenvalue weighted by atomic mass is 35.5. The molecule has 1 heterocycles. The number of hydrogen-bond donors (Lipinski definition) is 2. The largest absolute Gasteiger partial charge is 0.482 e. The summed E-state index contributed by atoms with van der Waals surface area (Å²) in [4.78, 5) is 15.1. The zero-order chi connectivity index (χ0) is 21.1. The lowest BCUT2D eigenvalue weighted by molar-refractivity contribution is -0.139. The third-order valence-corrected chi connectivity index (χ3v) is 5.63. The van der Waals surface area contributed by atoms with Gasteiger partial charge in [0.1, 0.15) is 10.9 Å². The molecule has 1 unspecified atom stereocenters. The van der Waals surface area contributed by atoms with Gasteiger partial charge in [0, 0.05) is 17.4 Å². The fraction of sp³-hybridized carbons (Fsp3) is 0.250. The number of aryl methyl sites for hydroxylation is 1. The number of fused-ring (bicyclic) bond motifs is 1. The van der Waals surface area contributed by atoms with E-state index < -0.39 is 5.97 Å². The lowest BCUT2D eigenvalue weighted by atomic mass is 9.87. The van der Waals surface area contributed by atoms with E-state index in [4.69, 9.17) is 21.4 Å². The molecule has 0 spiro atoms. The van der Waals surface area contributed by atoms with Gasteiger partial charge in [-0.2, -0.15) is 0 Å². The molecule has 2 N–H and O–H groups in total. The molecule has 1 aliphatic carbocycles. The number of benzene rings is 2. The summed E-state index contributed by atoms with van der Waals surface area (Å²) in [7, 11) is 0. The van der Waals surface area contributed by atoms with Crippen LogP contribution < -0.4 is 10.1 Å². The van der Waals surface area contributed by atoms with Crippen molar-refractivity contribution >= 4 is 23.3 Å². The topological polar surface area (TPSA) is 71.5 Å². The van der Waals surface area contributed by atoms with E-state index in [1.165, 1.54) is 5.56 Å². The summed E-state index contributed by atoms with van der Waals surface area (Å²) >= 11 is 6.27. The van der Waals surface area contributed by atoms with E-state index in [1.54, 1.807) is 6.20 Å². The minimum atomic E-state index is -0.970. The van der Waals surface area contributed by atoms with E-state index in [1.807, 2.05) is 49.4 Å².